The Morgan fingerprint density at radius 3 is 2.55 bits per heavy atom. The van der Waals surface area contributed by atoms with Crippen LogP contribution in [0.25, 0.3) is 0 Å². The summed E-state index contributed by atoms with van der Waals surface area (Å²) < 4.78 is 18.0. The summed E-state index contributed by atoms with van der Waals surface area (Å²) in [5.74, 6) is -3.91. The zero-order valence-corrected chi connectivity index (χ0v) is 11.1. The number of hydrogen-bond acceptors (Lipinski definition) is 4. The summed E-state index contributed by atoms with van der Waals surface area (Å²) in [7, 11) is 2.75. The van der Waals surface area contributed by atoms with Gasteiger partial charge >= 0.3 is 5.97 Å². The lowest BCUT2D eigenvalue weighted by molar-refractivity contribution is -0.151. The number of ether oxygens (including phenoxy) is 1. The van der Waals surface area contributed by atoms with Crippen molar-refractivity contribution in [1.29, 1.82) is 0 Å². The van der Waals surface area contributed by atoms with Crippen molar-refractivity contribution >= 4 is 17.7 Å². The molecule has 6 nitrogen and oxygen atoms in total. The molecule has 7 heteroatoms. The molecular formula is C13H14FNO5. The number of carboxylic acid groups (broad SMARTS) is 1. The van der Waals surface area contributed by atoms with Gasteiger partial charge in [0.05, 0.1) is 13.5 Å². The summed E-state index contributed by atoms with van der Waals surface area (Å²) in [6, 6.07) is 4.10. The summed E-state index contributed by atoms with van der Waals surface area (Å²) in [6.07, 6.45) is -0.704. The number of carboxylic acids is 1. The van der Waals surface area contributed by atoms with Crippen LogP contribution < -0.4 is 4.74 Å². The Morgan fingerprint density at radius 1 is 1.35 bits per heavy atom. The second kappa shape index (κ2) is 6.65. The normalized spacial score (nSPS) is 9.95. The Hall–Kier alpha value is -2.44. The maximum absolute atomic E-state index is 13.2. The monoisotopic (exact) mass is 283 g/mol. The fourth-order valence-corrected chi connectivity index (χ4v) is 1.51. The van der Waals surface area contributed by atoms with Gasteiger partial charge in [-0.15, -0.1) is 0 Å². The minimum atomic E-state index is -1.64. The predicted octanol–water partition coefficient (Wildman–Crippen LogP) is 0.836. The van der Waals surface area contributed by atoms with Gasteiger partial charge in [-0.05, 0) is 17.7 Å². The van der Waals surface area contributed by atoms with E-state index in [1.807, 2.05) is 0 Å². The first-order valence-electron chi connectivity index (χ1n) is 5.67. The second-order valence-electron chi connectivity index (χ2n) is 4.12. The number of Topliss-reactive ketones (excluding diaryl/α,β-unsaturated/α-hetero) is 1. The lowest BCUT2D eigenvalue weighted by Gasteiger charge is -2.17. The van der Waals surface area contributed by atoms with E-state index in [2.05, 4.69) is 0 Å². The number of methoxy groups -OCH3 is 1. The average molecular weight is 283 g/mol. The third kappa shape index (κ3) is 4.04. The van der Waals surface area contributed by atoms with Crippen LogP contribution in [0.4, 0.5) is 4.39 Å². The predicted molar refractivity (Wildman–Crippen MR) is 66.7 cm³/mol. The molecule has 0 aromatic heterocycles. The molecule has 0 atom stereocenters. The Balaban J connectivity index is 2.70. The van der Waals surface area contributed by atoms with Crippen molar-refractivity contribution in [2.75, 3.05) is 14.2 Å². The van der Waals surface area contributed by atoms with Gasteiger partial charge in [0.2, 0.25) is 11.7 Å². The van der Waals surface area contributed by atoms with Gasteiger partial charge in [-0.1, -0.05) is 6.07 Å². The topological polar surface area (TPSA) is 83.9 Å². The van der Waals surface area contributed by atoms with E-state index in [1.165, 1.54) is 37.3 Å². The number of carbonyl (C=O) groups excluding carboxylic acids is 2. The minimum absolute atomic E-state index is 0.0463. The van der Waals surface area contributed by atoms with E-state index < -0.39 is 29.9 Å². The van der Waals surface area contributed by atoms with E-state index in [1.54, 1.807) is 0 Å². The third-order valence-corrected chi connectivity index (χ3v) is 2.61. The van der Waals surface area contributed by atoms with Crippen molar-refractivity contribution < 1.29 is 28.6 Å². The van der Waals surface area contributed by atoms with Crippen LogP contribution in [0, 0.1) is 5.82 Å². The van der Waals surface area contributed by atoms with Crippen molar-refractivity contribution in [3.05, 3.63) is 29.6 Å². The van der Waals surface area contributed by atoms with Gasteiger partial charge in [-0.2, -0.15) is 0 Å². The Bertz CT molecular complexity index is 544. The molecule has 0 aliphatic rings. The summed E-state index contributed by atoms with van der Waals surface area (Å²) in [5.41, 5.74) is 0.599. The van der Waals surface area contributed by atoms with Gasteiger partial charge in [0.25, 0.3) is 0 Å². The van der Waals surface area contributed by atoms with Gasteiger partial charge in [0.15, 0.2) is 11.6 Å². The third-order valence-electron chi connectivity index (χ3n) is 2.61. The lowest BCUT2D eigenvalue weighted by atomic mass is 10.2. The van der Waals surface area contributed by atoms with E-state index in [0.717, 1.165) is 0 Å². The largest absolute Gasteiger partial charge is 0.494 e. The fraction of sp³-hybridized carbons (Fsp3) is 0.308. The van der Waals surface area contributed by atoms with E-state index in [9.17, 15) is 18.8 Å². The number of rotatable bonds is 6. The summed E-state index contributed by atoms with van der Waals surface area (Å²) in [5, 5.41) is 8.42. The van der Waals surface area contributed by atoms with Gasteiger partial charge in [-0.25, -0.2) is 9.18 Å². The number of benzene rings is 1. The van der Waals surface area contributed by atoms with Crippen LogP contribution in [-0.4, -0.2) is 41.8 Å². The minimum Gasteiger partial charge on any atom is -0.494 e. The molecule has 0 aliphatic carbocycles. The number of hydrogen-bond donors (Lipinski definition) is 1. The molecule has 1 aromatic carbocycles. The Kier molecular flexibility index (Phi) is 5.19. The van der Waals surface area contributed by atoms with Crippen LogP contribution in [0.2, 0.25) is 0 Å². The van der Waals surface area contributed by atoms with Crippen molar-refractivity contribution in [2.24, 2.45) is 0 Å². The quantitative estimate of drug-likeness (QED) is 0.617. The summed E-state index contributed by atoms with van der Waals surface area (Å²) in [6.45, 7) is 0.113. The van der Waals surface area contributed by atoms with Crippen LogP contribution in [0.5, 0.6) is 5.75 Å². The smallest absolute Gasteiger partial charge is 0.372 e. The highest BCUT2D eigenvalue weighted by Crippen LogP contribution is 2.19. The van der Waals surface area contributed by atoms with Crippen molar-refractivity contribution in [3.8, 4) is 5.75 Å². The van der Waals surface area contributed by atoms with E-state index >= 15 is 0 Å². The van der Waals surface area contributed by atoms with Gasteiger partial charge in [0.1, 0.15) is 0 Å². The molecule has 0 spiro atoms. The zero-order valence-electron chi connectivity index (χ0n) is 11.1. The highest BCUT2D eigenvalue weighted by molar-refractivity contribution is 6.36. The van der Waals surface area contributed by atoms with Gasteiger partial charge in [0, 0.05) is 13.6 Å². The SMILES string of the molecule is COc1cc(CN(C)C(=O)CC(=O)C(=O)O)ccc1F. The maximum Gasteiger partial charge on any atom is 0.372 e. The molecule has 108 valence electrons. The van der Waals surface area contributed by atoms with E-state index in [0.29, 0.717) is 5.56 Å². The van der Waals surface area contributed by atoms with Gasteiger partial charge in [-0.3, -0.25) is 9.59 Å². The van der Waals surface area contributed by atoms with Gasteiger partial charge < -0.3 is 14.7 Å². The number of halogens is 1. The number of ketones is 1. The zero-order chi connectivity index (χ0) is 15.3. The lowest BCUT2D eigenvalue weighted by Crippen LogP contribution is -2.30. The summed E-state index contributed by atoms with van der Waals surface area (Å²) >= 11 is 0. The fourth-order valence-electron chi connectivity index (χ4n) is 1.51. The molecule has 0 fully saturated rings. The molecule has 0 heterocycles. The molecule has 1 rings (SSSR count). The molecule has 0 bridgehead atoms. The molecule has 0 aliphatic heterocycles. The summed E-state index contributed by atoms with van der Waals surface area (Å²) in [4.78, 5) is 34.1. The maximum atomic E-state index is 13.2. The number of nitrogens with zero attached hydrogens (tertiary/aromatic N) is 1. The molecule has 0 saturated heterocycles. The number of carbonyl (C=O) groups is 3. The first-order valence-corrected chi connectivity index (χ1v) is 5.67. The molecule has 1 N–H and O–H groups in total. The molecule has 0 saturated carbocycles. The van der Waals surface area contributed by atoms with Crippen molar-refractivity contribution in [1.82, 2.24) is 4.90 Å². The molecule has 1 amide bonds. The molecule has 20 heavy (non-hydrogen) atoms. The highest BCUT2D eigenvalue weighted by Gasteiger charge is 2.19. The van der Waals surface area contributed by atoms with E-state index in [4.69, 9.17) is 9.84 Å². The first kappa shape index (κ1) is 15.6. The van der Waals surface area contributed by atoms with Crippen LogP contribution >= 0.6 is 0 Å². The second-order valence-corrected chi connectivity index (χ2v) is 4.12. The molecule has 1 aromatic rings. The van der Waals surface area contributed by atoms with Crippen LogP contribution in [-0.2, 0) is 20.9 Å². The van der Waals surface area contributed by atoms with Crippen LogP contribution in [0.1, 0.15) is 12.0 Å². The van der Waals surface area contributed by atoms with Crippen molar-refractivity contribution in [3.63, 3.8) is 0 Å². The highest BCUT2D eigenvalue weighted by atomic mass is 19.1. The number of amides is 1. The molecule has 0 unspecified atom stereocenters. The van der Waals surface area contributed by atoms with Crippen LogP contribution in [0.3, 0.4) is 0 Å². The number of aliphatic carboxylic acids is 1. The Morgan fingerprint density at radius 2 is 2.00 bits per heavy atom. The van der Waals surface area contributed by atoms with E-state index in [-0.39, 0.29) is 12.3 Å². The standard InChI is InChI=1S/C13H14FNO5/c1-15(12(17)6-10(16)13(18)19)7-8-3-4-9(14)11(5-8)20-2/h3-5H,6-7H2,1-2H3,(H,18,19). The van der Waals surface area contributed by atoms with Crippen LogP contribution in [0.15, 0.2) is 18.2 Å². The van der Waals surface area contributed by atoms with Crippen molar-refractivity contribution in [2.45, 2.75) is 13.0 Å². The first-order chi connectivity index (χ1) is 9.35. The average Bonchev–Trinajstić information content (AvgIpc) is 2.40. The Labute approximate surface area is 114 Å². The molecule has 0 radical (unpaired) electrons. The molecular weight excluding hydrogens is 269 g/mol.